The number of thioether (sulfide) groups is 1. The number of carbonyl (C=O) groups excluding carboxylic acids is 1. The zero-order valence-corrected chi connectivity index (χ0v) is 15.6. The van der Waals surface area contributed by atoms with Crippen molar-refractivity contribution in [2.45, 2.75) is 81.8 Å². The third-order valence-electron chi connectivity index (χ3n) is 6.83. The Hall–Kier alpha value is -1.17. The van der Waals surface area contributed by atoms with Crippen LogP contribution in [-0.4, -0.2) is 32.9 Å². The molecular weight excluding hydrogens is 320 g/mol. The molecular formula is C18H26N4OS. The Bertz CT molecular complexity index is 671. The number of hydrogen-bond acceptors (Lipinski definition) is 5. The molecule has 2 atom stereocenters. The molecule has 3 aliphatic rings. The highest BCUT2D eigenvalue weighted by molar-refractivity contribution is 7.99. The largest absolute Gasteiger partial charge is 0.353 e. The molecule has 0 aliphatic heterocycles. The molecule has 1 N–H and O–H groups in total. The fourth-order valence-electron chi connectivity index (χ4n) is 4.89. The van der Waals surface area contributed by atoms with Crippen molar-refractivity contribution in [2.24, 2.45) is 5.41 Å². The summed E-state index contributed by atoms with van der Waals surface area (Å²) in [5, 5.41) is 12.5. The fourth-order valence-corrected chi connectivity index (χ4v) is 5.49. The van der Waals surface area contributed by atoms with Gasteiger partial charge in [-0.2, -0.15) is 5.10 Å². The van der Waals surface area contributed by atoms with Gasteiger partial charge in [0.05, 0.1) is 17.1 Å². The van der Waals surface area contributed by atoms with Crippen LogP contribution in [0.25, 0.3) is 0 Å². The Morgan fingerprint density at radius 1 is 1.21 bits per heavy atom. The first kappa shape index (κ1) is 16.3. The van der Waals surface area contributed by atoms with Crippen molar-refractivity contribution in [3.63, 3.8) is 0 Å². The van der Waals surface area contributed by atoms with E-state index in [1.54, 1.807) is 0 Å². The van der Waals surface area contributed by atoms with Crippen molar-refractivity contribution in [3.8, 4) is 0 Å². The number of carbonyl (C=O) groups is 1. The number of hydrogen-bond donors (Lipinski definition) is 1. The summed E-state index contributed by atoms with van der Waals surface area (Å²) in [4.78, 5) is 16.9. The maximum atomic E-state index is 12.1. The predicted molar refractivity (Wildman–Crippen MR) is 94.1 cm³/mol. The fraction of sp³-hybridized carbons (Fsp3) is 0.778. The average Bonchev–Trinajstić information content (AvgIpc) is 3.17. The molecule has 5 nitrogen and oxygen atoms in total. The topological polar surface area (TPSA) is 67.8 Å². The summed E-state index contributed by atoms with van der Waals surface area (Å²) in [6, 6.07) is 0.368. The van der Waals surface area contributed by atoms with E-state index in [0.29, 0.717) is 22.9 Å². The van der Waals surface area contributed by atoms with Crippen molar-refractivity contribution in [1.29, 1.82) is 0 Å². The van der Waals surface area contributed by atoms with Gasteiger partial charge in [-0.05, 0) is 31.1 Å². The van der Waals surface area contributed by atoms with E-state index in [2.05, 4.69) is 36.3 Å². The molecule has 1 amide bonds. The highest BCUT2D eigenvalue weighted by Gasteiger charge is 2.61. The quantitative estimate of drug-likeness (QED) is 0.848. The molecule has 2 bridgehead atoms. The van der Waals surface area contributed by atoms with Crippen LogP contribution in [0.1, 0.15) is 76.6 Å². The van der Waals surface area contributed by atoms with Crippen LogP contribution in [0.15, 0.2) is 5.16 Å². The Labute approximate surface area is 147 Å². The number of nitrogens with one attached hydrogen (secondary N) is 1. The van der Waals surface area contributed by atoms with E-state index in [1.165, 1.54) is 37.4 Å². The van der Waals surface area contributed by atoms with Crippen LogP contribution in [0.5, 0.6) is 0 Å². The van der Waals surface area contributed by atoms with Gasteiger partial charge in [0.15, 0.2) is 0 Å². The lowest BCUT2D eigenvalue weighted by molar-refractivity contribution is -0.119. The van der Waals surface area contributed by atoms with E-state index in [-0.39, 0.29) is 16.7 Å². The lowest BCUT2D eigenvalue weighted by Gasteiger charge is -2.33. The monoisotopic (exact) mass is 346 g/mol. The van der Waals surface area contributed by atoms with Crippen LogP contribution in [0.3, 0.4) is 0 Å². The van der Waals surface area contributed by atoms with Crippen molar-refractivity contribution in [3.05, 3.63) is 11.4 Å². The second-order valence-corrected chi connectivity index (χ2v) is 9.25. The SMILES string of the molecule is CC1(C)[C@@H]2CC[C@]1(C)c1nc(SCC(=O)NC3CCCC3)nnc12. The van der Waals surface area contributed by atoms with E-state index in [9.17, 15) is 4.79 Å². The molecule has 2 saturated carbocycles. The Morgan fingerprint density at radius 3 is 2.71 bits per heavy atom. The van der Waals surface area contributed by atoms with E-state index in [4.69, 9.17) is 4.98 Å². The molecule has 4 rings (SSSR count). The number of rotatable bonds is 4. The molecule has 0 spiro atoms. The van der Waals surface area contributed by atoms with Gasteiger partial charge in [0.25, 0.3) is 0 Å². The first-order chi connectivity index (χ1) is 11.4. The molecule has 0 aromatic carbocycles. The van der Waals surface area contributed by atoms with Gasteiger partial charge in [-0.3, -0.25) is 4.79 Å². The number of amides is 1. The van der Waals surface area contributed by atoms with Crippen LogP contribution >= 0.6 is 11.8 Å². The molecule has 3 aliphatic carbocycles. The molecule has 6 heteroatoms. The molecule has 0 radical (unpaired) electrons. The van der Waals surface area contributed by atoms with Crippen molar-refractivity contribution in [1.82, 2.24) is 20.5 Å². The number of fused-ring (bicyclic) bond motifs is 5. The van der Waals surface area contributed by atoms with E-state index >= 15 is 0 Å². The third kappa shape index (κ3) is 2.37. The maximum Gasteiger partial charge on any atom is 0.230 e. The van der Waals surface area contributed by atoms with Gasteiger partial charge in [0.1, 0.15) is 0 Å². The smallest absolute Gasteiger partial charge is 0.230 e. The van der Waals surface area contributed by atoms with Gasteiger partial charge in [-0.15, -0.1) is 5.10 Å². The molecule has 1 heterocycles. The van der Waals surface area contributed by atoms with Gasteiger partial charge in [-0.25, -0.2) is 4.98 Å². The molecule has 24 heavy (non-hydrogen) atoms. The van der Waals surface area contributed by atoms with E-state index in [0.717, 1.165) is 24.2 Å². The Kier molecular flexibility index (Phi) is 3.86. The van der Waals surface area contributed by atoms with Gasteiger partial charge in [-0.1, -0.05) is 45.4 Å². The number of aromatic nitrogens is 3. The zero-order valence-electron chi connectivity index (χ0n) is 14.8. The van der Waals surface area contributed by atoms with Crippen LogP contribution in [-0.2, 0) is 10.2 Å². The van der Waals surface area contributed by atoms with Crippen molar-refractivity contribution in [2.75, 3.05) is 5.75 Å². The van der Waals surface area contributed by atoms with Crippen molar-refractivity contribution < 1.29 is 4.79 Å². The third-order valence-corrected chi connectivity index (χ3v) is 7.66. The van der Waals surface area contributed by atoms with Gasteiger partial charge < -0.3 is 5.32 Å². The van der Waals surface area contributed by atoms with Crippen LogP contribution in [0, 0.1) is 5.41 Å². The highest BCUT2D eigenvalue weighted by Crippen LogP contribution is 2.66. The maximum absolute atomic E-state index is 12.1. The molecule has 130 valence electrons. The minimum atomic E-state index is 0.0871. The summed E-state index contributed by atoms with van der Waals surface area (Å²) in [7, 11) is 0. The summed E-state index contributed by atoms with van der Waals surface area (Å²) in [6.45, 7) is 6.97. The summed E-state index contributed by atoms with van der Waals surface area (Å²) < 4.78 is 0. The van der Waals surface area contributed by atoms with E-state index < -0.39 is 0 Å². The molecule has 0 unspecified atom stereocenters. The first-order valence-corrected chi connectivity index (χ1v) is 10.1. The van der Waals surface area contributed by atoms with Gasteiger partial charge in [0, 0.05) is 17.4 Å². The Balaban J connectivity index is 1.45. The predicted octanol–water partition coefficient (Wildman–Crippen LogP) is 3.20. The summed E-state index contributed by atoms with van der Waals surface area (Å²) in [5.41, 5.74) is 2.50. The average molecular weight is 347 g/mol. The molecule has 2 fully saturated rings. The second-order valence-electron chi connectivity index (χ2n) is 8.31. The normalized spacial score (nSPS) is 30.5. The minimum absolute atomic E-state index is 0.0871. The minimum Gasteiger partial charge on any atom is -0.353 e. The van der Waals surface area contributed by atoms with Crippen LogP contribution in [0.4, 0.5) is 0 Å². The second kappa shape index (κ2) is 5.68. The lowest BCUT2D eigenvalue weighted by Crippen LogP contribution is -2.34. The van der Waals surface area contributed by atoms with Gasteiger partial charge in [0.2, 0.25) is 11.1 Å². The highest BCUT2D eigenvalue weighted by atomic mass is 32.2. The zero-order chi connectivity index (χ0) is 16.9. The summed E-state index contributed by atoms with van der Waals surface area (Å²) >= 11 is 1.41. The molecule has 1 aromatic rings. The van der Waals surface area contributed by atoms with Gasteiger partial charge >= 0.3 is 0 Å². The first-order valence-electron chi connectivity index (χ1n) is 9.09. The van der Waals surface area contributed by atoms with Crippen molar-refractivity contribution >= 4 is 17.7 Å². The lowest BCUT2D eigenvalue weighted by atomic mass is 9.70. The van der Waals surface area contributed by atoms with Crippen LogP contribution in [0.2, 0.25) is 0 Å². The van der Waals surface area contributed by atoms with E-state index in [1.807, 2.05) is 0 Å². The molecule has 1 aromatic heterocycles. The molecule has 0 saturated heterocycles. The summed E-state index contributed by atoms with van der Waals surface area (Å²) in [6.07, 6.45) is 7.03. The Morgan fingerprint density at radius 2 is 1.96 bits per heavy atom. The van der Waals surface area contributed by atoms with Crippen LogP contribution < -0.4 is 5.32 Å². The summed E-state index contributed by atoms with van der Waals surface area (Å²) in [5.74, 6) is 0.937. The number of nitrogens with zero attached hydrogens (tertiary/aromatic N) is 3. The standard InChI is InChI=1S/C18H26N4OS/c1-17(2)12-8-9-18(17,3)15-14(12)21-22-16(20-15)24-10-13(23)19-11-6-4-5-7-11/h11-12H,4-10H2,1-3H3,(H,19,23)/t12-,18-/m1/s1.